The van der Waals surface area contributed by atoms with Crippen LogP contribution in [0.4, 0.5) is 5.69 Å². The molecule has 5 nitrogen and oxygen atoms in total. The Morgan fingerprint density at radius 2 is 1.77 bits per heavy atom. The minimum absolute atomic E-state index is 0.0282. The Balaban J connectivity index is 1.94. The highest BCUT2D eigenvalue weighted by Crippen LogP contribution is 2.36. The molecule has 1 fully saturated rings. The molecule has 1 saturated heterocycles. The van der Waals surface area contributed by atoms with E-state index in [0.717, 1.165) is 24.1 Å². The first-order valence-electron chi connectivity index (χ1n) is 9.76. The van der Waals surface area contributed by atoms with Crippen molar-refractivity contribution in [1.29, 1.82) is 0 Å². The first kappa shape index (κ1) is 20.1. The Labute approximate surface area is 155 Å². The molecule has 0 bridgehead atoms. The molecular weight excluding hydrogens is 328 g/mol. The maximum Gasteiger partial charge on any atom is 0.237 e. The predicted molar refractivity (Wildman–Crippen MR) is 103 cm³/mol. The third-order valence-electron chi connectivity index (χ3n) is 5.30. The summed E-state index contributed by atoms with van der Waals surface area (Å²) in [6.07, 6.45) is 7.66. The van der Waals surface area contributed by atoms with E-state index in [4.69, 9.17) is 0 Å². The van der Waals surface area contributed by atoms with Crippen LogP contribution < -0.4 is 10.6 Å². The number of hydrogen-bond acceptors (Lipinski definition) is 3. The van der Waals surface area contributed by atoms with E-state index in [1.807, 2.05) is 31.2 Å². The molecule has 0 aromatic heterocycles. The maximum atomic E-state index is 12.4. The largest absolute Gasteiger partial charge is 0.326 e. The molecule has 2 rings (SSSR count). The van der Waals surface area contributed by atoms with E-state index in [9.17, 15) is 14.4 Å². The Bertz CT molecular complexity index is 639. The molecule has 1 aliphatic heterocycles. The fourth-order valence-electron chi connectivity index (χ4n) is 3.55. The SMILES string of the molecule is CCCCCCCC(=O)Nc1ccc(C2(CC)CCC(=O)NC2=O)cc1. The topological polar surface area (TPSA) is 75.3 Å². The summed E-state index contributed by atoms with van der Waals surface area (Å²) in [5, 5.41) is 5.37. The summed E-state index contributed by atoms with van der Waals surface area (Å²) in [5.41, 5.74) is 0.976. The van der Waals surface area contributed by atoms with Gasteiger partial charge in [0.15, 0.2) is 0 Å². The normalized spacial score (nSPS) is 19.9. The first-order valence-corrected chi connectivity index (χ1v) is 9.76. The molecule has 1 unspecified atom stereocenters. The van der Waals surface area contributed by atoms with Crippen LogP contribution in [0.2, 0.25) is 0 Å². The van der Waals surface area contributed by atoms with Gasteiger partial charge in [0.25, 0.3) is 0 Å². The average Bonchev–Trinajstić information content (AvgIpc) is 2.63. The summed E-state index contributed by atoms with van der Waals surface area (Å²) in [4.78, 5) is 35.9. The van der Waals surface area contributed by atoms with Crippen molar-refractivity contribution in [2.75, 3.05) is 5.32 Å². The van der Waals surface area contributed by atoms with Gasteiger partial charge < -0.3 is 5.32 Å². The lowest BCUT2D eigenvalue weighted by molar-refractivity contribution is -0.138. The van der Waals surface area contributed by atoms with E-state index in [2.05, 4.69) is 17.6 Å². The average molecular weight is 358 g/mol. The van der Waals surface area contributed by atoms with Crippen LogP contribution in [0.3, 0.4) is 0 Å². The molecule has 142 valence electrons. The number of piperidine rings is 1. The van der Waals surface area contributed by atoms with Gasteiger partial charge in [0.2, 0.25) is 17.7 Å². The zero-order valence-corrected chi connectivity index (χ0v) is 15.9. The van der Waals surface area contributed by atoms with Crippen molar-refractivity contribution < 1.29 is 14.4 Å². The summed E-state index contributed by atoms with van der Waals surface area (Å²) in [6.45, 7) is 4.14. The van der Waals surface area contributed by atoms with Crippen LogP contribution in [-0.2, 0) is 19.8 Å². The summed E-state index contributed by atoms with van der Waals surface area (Å²) < 4.78 is 0. The van der Waals surface area contributed by atoms with Crippen molar-refractivity contribution in [3.8, 4) is 0 Å². The number of nitrogens with one attached hydrogen (secondary N) is 2. The van der Waals surface area contributed by atoms with E-state index in [0.29, 0.717) is 25.7 Å². The van der Waals surface area contributed by atoms with Gasteiger partial charge in [-0.25, -0.2) is 0 Å². The van der Waals surface area contributed by atoms with Crippen molar-refractivity contribution in [3.05, 3.63) is 29.8 Å². The summed E-state index contributed by atoms with van der Waals surface area (Å²) in [7, 11) is 0. The minimum atomic E-state index is -0.657. The third kappa shape index (κ3) is 4.93. The Morgan fingerprint density at radius 1 is 1.08 bits per heavy atom. The van der Waals surface area contributed by atoms with Crippen LogP contribution in [-0.4, -0.2) is 17.7 Å². The zero-order valence-electron chi connectivity index (χ0n) is 15.9. The summed E-state index contributed by atoms with van der Waals surface area (Å²) in [6, 6.07) is 7.45. The molecule has 1 aromatic carbocycles. The van der Waals surface area contributed by atoms with Gasteiger partial charge in [-0.05, 0) is 37.0 Å². The number of amides is 3. The maximum absolute atomic E-state index is 12.4. The highest BCUT2D eigenvalue weighted by atomic mass is 16.2. The van der Waals surface area contributed by atoms with Crippen LogP contribution in [0.1, 0.15) is 77.2 Å². The molecule has 26 heavy (non-hydrogen) atoms. The second-order valence-corrected chi connectivity index (χ2v) is 7.10. The number of unbranched alkanes of at least 4 members (excludes halogenated alkanes) is 4. The van der Waals surface area contributed by atoms with Gasteiger partial charge in [-0.15, -0.1) is 0 Å². The van der Waals surface area contributed by atoms with Gasteiger partial charge in [0, 0.05) is 18.5 Å². The van der Waals surface area contributed by atoms with Gasteiger partial charge in [0.1, 0.15) is 0 Å². The van der Waals surface area contributed by atoms with Crippen molar-refractivity contribution in [3.63, 3.8) is 0 Å². The highest BCUT2D eigenvalue weighted by molar-refractivity contribution is 6.03. The number of rotatable bonds is 9. The fourth-order valence-corrected chi connectivity index (χ4v) is 3.55. The molecule has 0 aliphatic carbocycles. The van der Waals surface area contributed by atoms with E-state index in [-0.39, 0.29) is 17.7 Å². The predicted octanol–water partition coefficient (Wildman–Crippen LogP) is 4.07. The van der Waals surface area contributed by atoms with Gasteiger partial charge in [-0.2, -0.15) is 0 Å². The zero-order chi connectivity index (χ0) is 19.0. The summed E-state index contributed by atoms with van der Waals surface area (Å²) in [5.74, 6) is -0.400. The van der Waals surface area contributed by atoms with E-state index >= 15 is 0 Å². The van der Waals surface area contributed by atoms with Crippen molar-refractivity contribution in [2.45, 2.75) is 77.0 Å². The van der Waals surface area contributed by atoms with E-state index < -0.39 is 5.41 Å². The van der Waals surface area contributed by atoms with Crippen LogP contribution in [0.5, 0.6) is 0 Å². The number of carbonyl (C=O) groups excluding carboxylic acids is 3. The first-order chi connectivity index (χ1) is 12.5. The number of hydrogen-bond donors (Lipinski definition) is 2. The lowest BCUT2D eigenvalue weighted by atomic mass is 9.72. The lowest BCUT2D eigenvalue weighted by Gasteiger charge is -2.35. The monoisotopic (exact) mass is 358 g/mol. The second kappa shape index (κ2) is 9.51. The van der Waals surface area contributed by atoms with Crippen molar-refractivity contribution in [2.24, 2.45) is 0 Å². The van der Waals surface area contributed by atoms with Gasteiger partial charge in [-0.1, -0.05) is 51.7 Å². The minimum Gasteiger partial charge on any atom is -0.326 e. The fraction of sp³-hybridized carbons (Fsp3) is 0.571. The molecule has 1 aromatic rings. The molecule has 2 N–H and O–H groups in total. The summed E-state index contributed by atoms with van der Waals surface area (Å²) >= 11 is 0. The number of imide groups is 1. The molecule has 0 saturated carbocycles. The highest BCUT2D eigenvalue weighted by Gasteiger charge is 2.42. The van der Waals surface area contributed by atoms with Crippen LogP contribution in [0.25, 0.3) is 0 Å². The smallest absolute Gasteiger partial charge is 0.237 e. The second-order valence-electron chi connectivity index (χ2n) is 7.10. The Morgan fingerprint density at radius 3 is 2.38 bits per heavy atom. The number of benzene rings is 1. The van der Waals surface area contributed by atoms with Crippen LogP contribution >= 0.6 is 0 Å². The number of carbonyl (C=O) groups is 3. The molecular formula is C21H30N2O3. The number of anilines is 1. The van der Waals surface area contributed by atoms with E-state index in [1.165, 1.54) is 19.3 Å². The molecule has 0 radical (unpaired) electrons. The Kier molecular flexibility index (Phi) is 7.37. The molecule has 3 amide bonds. The quantitative estimate of drug-likeness (QED) is 0.516. The van der Waals surface area contributed by atoms with Crippen LogP contribution in [0, 0.1) is 0 Å². The standard InChI is InChI=1S/C21H30N2O3/c1-3-5-6-7-8-9-18(24)22-17-12-10-16(11-13-17)21(4-2)15-14-19(25)23-20(21)26/h10-13H,3-9,14-15H2,1-2H3,(H,22,24)(H,23,25,26). The third-order valence-corrected chi connectivity index (χ3v) is 5.30. The lowest BCUT2D eigenvalue weighted by Crippen LogP contribution is -2.51. The van der Waals surface area contributed by atoms with Gasteiger partial charge >= 0.3 is 0 Å². The van der Waals surface area contributed by atoms with Gasteiger partial charge in [0.05, 0.1) is 5.41 Å². The Hall–Kier alpha value is -2.17. The van der Waals surface area contributed by atoms with Crippen molar-refractivity contribution >= 4 is 23.4 Å². The van der Waals surface area contributed by atoms with Crippen molar-refractivity contribution in [1.82, 2.24) is 5.32 Å². The molecule has 1 heterocycles. The molecule has 0 spiro atoms. The van der Waals surface area contributed by atoms with Gasteiger partial charge in [-0.3, -0.25) is 19.7 Å². The molecule has 1 atom stereocenters. The van der Waals surface area contributed by atoms with E-state index in [1.54, 1.807) is 0 Å². The molecule has 5 heteroatoms. The van der Waals surface area contributed by atoms with Crippen LogP contribution in [0.15, 0.2) is 24.3 Å². The molecule has 1 aliphatic rings.